The Hall–Kier alpha value is -2.00. The first-order valence-corrected chi connectivity index (χ1v) is 5.73. The molecule has 6 heteroatoms. The highest BCUT2D eigenvalue weighted by Gasteiger charge is 2.19. The van der Waals surface area contributed by atoms with Gasteiger partial charge in [0, 0.05) is 12.1 Å². The second-order valence-electron chi connectivity index (χ2n) is 3.82. The molecule has 1 aromatic rings. The van der Waals surface area contributed by atoms with Crippen LogP contribution in [0.25, 0.3) is 0 Å². The first kappa shape index (κ1) is 15.1. The van der Waals surface area contributed by atoms with Gasteiger partial charge in [-0.25, -0.2) is 8.78 Å². The number of nitriles is 1. The van der Waals surface area contributed by atoms with Gasteiger partial charge in [0.2, 0.25) is 0 Å². The van der Waals surface area contributed by atoms with E-state index in [0.717, 1.165) is 0 Å². The summed E-state index contributed by atoms with van der Waals surface area (Å²) in [7, 11) is 0. The smallest absolute Gasteiger partial charge is 0.310 e. The largest absolute Gasteiger partial charge is 0.466 e. The number of rotatable bonds is 5. The Bertz CT molecular complexity index is 510. The molecule has 0 radical (unpaired) electrons. The monoisotopic (exact) mass is 268 g/mol. The van der Waals surface area contributed by atoms with Gasteiger partial charge in [-0.05, 0) is 24.1 Å². The Morgan fingerprint density at radius 2 is 2.21 bits per heavy atom. The number of alkyl halides is 2. The third-order valence-electron chi connectivity index (χ3n) is 2.53. The molecule has 0 atom stereocenters. The Balaban J connectivity index is 3.24. The summed E-state index contributed by atoms with van der Waals surface area (Å²) in [5.41, 5.74) is 5.52. The summed E-state index contributed by atoms with van der Waals surface area (Å²) in [6.45, 7) is 1.89. The predicted octanol–water partition coefficient (Wildman–Crippen LogP) is 2.06. The van der Waals surface area contributed by atoms with Crippen LogP contribution in [0, 0.1) is 11.3 Å². The quantitative estimate of drug-likeness (QED) is 0.829. The van der Waals surface area contributed by atoms with Crippen molar-refractivity contribution < 1.29 is 18.3 Å². The van der Waals surface area contributed by atoms with Gasteiger partial charge in [0.05, 0.1) is 24.7 Å². The summed E-state index contributed by atoms with van der Waals surface area (Å²) in [5, 5.41) is 8.99. The van der Waals surface area contributed by atoms with Gasteiger partial charge in [0.1, 0.15) is 0 Å². The minimum absolute atomic E-state index is 0.0568. The van der Waals surface area contributed by atoms with Crippen molar-refractivity contribution in [1.82, 2.24) is 0 Å². The molecule has 1 aromatic carbocycles. The number of halogens is 2. The van der Waals surface area contributed by atoms with E-state index in [1.165, 1.54) is 12.1 Å². The van der Waals surface area contributed by atoms with Crippen LogP contribution in [0.15, 0.2) is 12.1 Å². The van der Waals surface area contributed by atoms with E-state index >= 15 is 0 Å². The molecule has 0 heterocycles. The normalized spacial score (nSPS) is 10.3. The SMILES string of the molecule is CCOC(=O)Cc1cc(CN)cc(C(F)F)c1C#N. The van der Waals surface area contributed by atoms with Crippen LogP contribution in [-0.4, -0.2) is 12.6 Å². The van der Waals surface area contributed by atoms with Crippen LogP contribution in [0.5, 0.6) is 0 Å². The maximum Gasteiger partial charge on any atom is 0.310 e. The Kier molecular flexibility index (Phi) is 5.39. The van der Waals surface area contributed by atoms with Crippen LogP contribution in [0.3, 0.4) is 0 Å². The van der Waals surface area contributed by atoms with Crippen molar-refractivity contribution in [3.05, 3.63) is 34.4 Å². The van der Waals surface area contributed by atoms with E-state index in [1.807, 2.05) is 0 Å². The molecule has 0 amide bonds. The van der Waals surface area contributed by atoms with E-state index < -0.39 is 18.0 Å². The molecule has 2 N–H and O–H groups in total. The van der Waals surface area contributed by atoms with E-state index in [2.05, 4.69) is 0 Å². The average molecular weight is 268 g/mol. The maximum absolute atomic E-state index is 12.9. The van der Waals surface area contributed by atoms with Crippen molar-refractivity contribution in [3.8, 4) is 6.07 Å². The third kappa shape index (κ3) is 3.73. The lowest BCUT2D eigenvalue weighted by molar-refractivity contribution is -0.142. The molecule has 19 heavy (non-hydrogen) atoms. The zero-order valence-electron chi connectivity index (χ0n) is 10.5. The number of nitrogens with zero attached hydrogens (tertiary/aromatic N) is 1. The third-order valence-corrected chi connectivity index (χ3v) is 2.53. The molecule has 1 rings (SSSR count). The first-order chi connectivity index (χ1) is 9.03. The predicted molar refractivity (Wildman–Crippen MR) is 64.3 cm³/mol. The van der Waals surface area contributed by atoms with E-state index in [9.17, 15) is 13.6 Å². The fourth-order valence-electron chi connectivity index (χ4n) is 1.73. The second-order valence-corrected chi connectivity index (χ2v) is 3.82. The molecule has 0 unspecified atom stereocenters. The van der Waals surface area contributed by atoms with Gasteiger partial charge in [-0.2, -0.15) is 5.26 Å². The van der Waals surface area contributed by atoms with Crippen LogP contribution in [0.4, 0.5) is 8.78 Å². The van der Waals surface area contributed by atoms with Crippen molar-refractivity contribution in [2.45, 2.75) is 26.3 Å². The lowest BCUT2D eigenvalue weighted by atomic mass is 9.96. The molecule has 0 aromatic heterocycles. The molecule has 0 saturated heterocycles. The molecule has 0 bridgehead atoms. The summed E-state index contributed by atoms with van der Waals surface area (Å²) in [6, 6.07) is 4.40. The van der Waals surface area contributed by atoms with Gasteiger partial charge in [0.25, 0.3) is 6.43 Å². The summed E-state index contributed by atoms with van der Waals surface area (Å²) >= 11 is 0. The topological polar surface area (TPSA) is 76.1 Å². The average Bonchev–Trinajstić information content (AvgIpc) is 2.37. The first-order valence-electron chi connectivity index (χ1n) is 5.73. The van der Waals surface area contributed by atoms with Crippen molar-refractivity contribution in [3.63, 3.8) is 0 Å². The van der Waals surface area contributed by atoms with E-state index in [4.69, 9.17) is 15.7 Å². The lowest BCUT2D eigenvalue weighted by Gasteiger charge is -2.11. The van der Waals surface area contributed by atoms with Crippen LogP contribution >= 0.6 is 0 Å². The highest BCUT2D eigenvalue weighted by atomic mass is 19.3. The van der Waals surface area contributed by atoms with Crippen LogP contribution < -0.4 is 5.73 Å². The number of carbonyl (C=O) groups is 1. The maximum atomic E-state index is 12.9. The molecule has 0 fully saturated rings. The number of hydrogen-bond acceptors (Lipinski definition) is 4. The van der Waals surface area contributed by atoms with Crippen LogP contribution in [-0.2, 0) is 22.5 Å². The minimum atomic E-state index is -2.79. The molecular weight excluding hydrogens is 254 g/mol. The minimum Gasteiger partial charge on any atom is -0.466 e. The van der Waals surface area contributed by atoms with Crippen LogP contribution in [0.1, 0.15) is 35.6 Å². The van der Waals surface area contributed by atoms with Gasteiger partial charge < -0.3 is 10.5 Å². The fourth-order valence-corrected chi connectivity index (χ4v) is 1.73. The summed E-state index contributed by atoms with van der Waals surface area (Å²) in [4.78, 5) is 11.4. The van der Waals surface area contributed by atoms with Crippen LogP contribution in [0.2, 0.25) is 0 Å². The number of ether oxygens (including phenoxy) is 1. The van der Waals surface area contributed by atoms with Gasteiger partial charge in [-0.15, -0.1) is 0 Å². The lowest BCUT2D eigenvalue weighted by Crippen LogP contribution is -2.11. The summed E-state index contributed by atoms with van der Waals surface area (Å²) in [6.07, 6.45) is -3.01. The summed E-state index contributed by atoms with van der Waals surface area (Å²) < 4.78 is 30.5. The number of benzene rings is 1. The van der Waals surface area contributed by atoms with E-state index in [1.54, 1.807) is 13.0 Å². The standard InChI is InChI=1S/C13H14F2N2O2/c1-2-19-12(18)5-9-3-8(6-16)4-10(13(14)15)11(9)7-17/h3-4,13H,2,5-6,16H2,1H3. The van der Waals surface area contributed by atoms with Gasteiger partial charge in [-0.3, -0.25) is 4.79 Å². The number of hydrogen-bond donors (Lipinski definition) is 1. The molecule has 0 saturated carbocycles. The second kappa shape index (κ2) is 6.81. The zero-order valence-corrected chi connectivity index (χ0v) is 10.5. The molecule has 102 valence electrons. The molecule has 0 aliphatic heterocycles. The number of nitrogens with two attached hydrogens (primary N) is 1. The summed E-state index contributed by atoms with van der Waals surface area (Å²) in [5.74, 6) is -0.562. The molecular formula is C13H14F2N2O2. The number of esters is 1. The molecule has 4 nitrogen and oxygen atoms in total. The Morgan fingerprint density at radius 3 is 2.68 bits per heavy atom. The van der Waals surface area contributed by atoms with E-state index in [-0.39, 0.29) is 30.7 Å². The highest BCUT2D eigenvalue weighted by Crippen LogP contribution is 2.27. The van der Waals surface area contributed by atoms with Crippen molar-refractivity contribution in [2.24, 2.45) is 5.73 Å². The zero-order chi connectivity index (χ0) is 14.4. The van der Waals surface area contributed by atoms with E-state index in [0.29, 0.717) is 5.56 Å². The Morgan fingerprint density at radius 1 is 1.53 bits per heavy atom. The van der Waals surface area contributed by atoms with Gasteiger partial charge >= 0.3 is 5.97 Å². The molecule has 0 spiro atoms. The molecule has 0 aliphatic carbocycles. The van der Waals surface area contributed by atoms with Crippen molar-refractivity contribution >= 4 is 5.97 Å². The highest BCUT2D eigenvalue weighted by molar-refractivity contribution is 5.74. The van der Waals surface area contributed by atoms with Crippen molar-refractivity contribution in [2.75, 3.05) is 6.61 Å². The van der Waals surface area contributed by atoms with Gasteiger partial charge in [-0.1, -0.05) is 6.07 Å². The fraction of sp³-hybridized carbons (Fsp3) is 0.385. The molecule has 0 aliphatic rings. The Labute approximate surface area is 109 Å². The number of carbonyl (C=O) groups excluding carboxylic acids is 1. The van der Waals surface area contributed by atoms with Gasteiger partial charge in [0.15, 0.2) is 0 Å². The van der Waals surface area contributed by atoms with Crippen molar-refractivity contribution in [1.29, 1.82) is 5.26 Å².